The summed E-state index contributed by atoms with van der Waals surface area (Å²) in [6, 6.07) is 10.3. The van der Waals surface area contributed by atoms with Crippen molar-refractivity contribution in [2.24, 2.45) is 0 Å². The maximum atomic E-state index is 11.5. The molecule has 0 radical (unpaired) electrons. The molecule has 3 nitrogen and oxygen atoms in total. The van der Waals surface area contributed by atoms with Gasteiger partial charge in [0.15, 0.2) is 0 Å². The molecular weight excluding hydrogens is 202 g/mol. The van der Waals surface area contributed by atoms with Gasteiger partial charge in [-0.15, -0.1) is 0 Å². The highest BCUT2D eigenvalue weighted by atomic mass is 16.5. The molecular formula is C13H19NO2. The van der Waals surface area contributed by atoms with Crippen LogP contribution in [-0.2, 0) is 11.2 Å². The topological polar surface area (TPSA) is 29.5 Å². The summed E-state index contributed by atoms with van der Waals surface area (Å²) in [7, 11) is 1.42. The average molecular weight is 221 g/mol. The molecule has 0 atom stereocenters. The van der Waals surface area contributed by atoms with E-state index in [9.17, 15) is 4.79 Å². The predicted octanol–water partition coefficient (Wildman–Crippen LogP) is 2.71. The second-order valence-corrected chi connectivity index (χ2v) is 3.99. The van der Waals surface area contributed by atoms with Crippen molar-refractivity contribution in [3.8, 4) is 0 Å². The van der Waals surface area contributed by atoms with Gasteiger partial charge in [-0.05, 0) is 25.8 Å². The molecule has 0 bridgehead atoms. The highest BCUT2D eigenvalue weighted by Crippen LogP contribution is 2.05. The van der Waals surface area contributed by atoms with E-state index in [1.54, 1.807) is 4.90 Å². The third kappa shape index (κ3) is 3.57. The van der Waals surface area contributed by atoms with Gasteiger partial charge in [-0.1, -0.05) is 30.3 Å². The molecule has 0 heterocycles. The number of ether oxygens (including phenoxy) is 1. The Morgan fingerprint density at radius 2 is 1.94 bits per heavy atom. The summed E-state index contributed by atoms with van der Waals surface area (Å²) in [6.07, 6.45) is 0.597. The number of rotatable bonds is 4. The number of hydrogen-bond acceptors (Lipinski definition) is 2. The normalized spacial score (nSPS) is 10.2. The van der Waals surface area contributed by atoms with Crippen LogP contribution in [0, 0.1) is 0 Å². The van der Waals surface area contributed by atoms with Crippen molar-refractivity contribution in [3.63, 3.8) is 0 Å². The Kier molecular flexibility index (Phi) is 4.83. The van der Waals surface area contributed by atoms with Gasteiger partial charge in [-0.3, -0.25) is 0 Å². The van der Waals surface area contributed by atoms with Crippen LogP contribution < -0.4 is 0 Å². The molecule has 16 heavy (non-hydrogen) atoms. The Bertz CT molecular complexity index is 322. The Labute approximate surface area is 97.0 Å². The van der Waals surface area contributed by atoms with Crippen LogP contribution in [0.3, 0.4) is 0 Å². The van der Waals surface area contributed by atoms with Gasteiger partial charge in [0, 0.05) is 12.6 Å². The standard InChI is InChI=1S/C13H19NO2/c1-11(2)14(13(15)16-3)10-9-12-7-5-4-6-8-12/h4-8,11H,9-10H2,1-3H3. The van der Waals surface area contributed by atoms with E-state index in [4.69, 9.17) is 4.74 Å². The second kappa shape index (κ2) is 6.16. The fourth-order valence-electron chi connectivity index (χ4n) is 1.57. The first-order chi connectivity index (χ1) is 7.65. The van der Waals surface area contributed by atoms with E-state index in [-0.39, 0.29) is 12.1 Å². The summed E-state index contributed by atoms with van der Waals surface area (Å²) in [5.41, 5.74) is 1.23. The maximum absolute atomic E-state index is 11.5. The lowest BCUT2D eigenvalue weighted by molar-refractivity contribution is 0.112. The lowest BCUT2D eigenvalue weighted by atomic mass is 10.1. The molecule has 0 aromatic heterocycles. The van der Waals surface area contributed by atoms with Gasteiger partial charge in [0.1, 0.15) is 0 Å². The summed E-state index contributed by atoms with van der Waals surface area (Å²) in [5.74, 6) is 0. The Balaban J connectivity index is 2.54. The van der Waals surface area contributed by atoms with Crippen molar-refractivity contribution in [3.05, 3.63) is 35.9 Å². The van der Waals surface area contributed by atoms with Crippen LogP contribution in [0.5, 0.6) is 0 Å². The van der Waals surface area contributed by atoms with E-state index >= 15 is 0 Å². The predicted molar refractivity (Wildman–Crippen MR) is 64.4 cm³/mol. The van der Waals surface area contributed by atoms with Crippen molar-refractivity contribution in [2.75, 3.05) is 13.7 Å². The molecule has 0 saturated carbocycles. The van der Waals surface area contributed by atoms with Gasteiger partial charge in [0.2, 0.25) is 0 Å². The number of amides is 1. The van der Waals surface area contributed by atoms with Gasteiger partial charge in [-0.2, -0.15) is 0 Å². The summed E-state index contributed by atoms with van der Waals surface area (Å²) >= 11 is 0. The minimum absolute atomic E-state index is 0.163. The second-order valence-electron chi connectivity index (χ2n) is 3.99. The van der Waals surface area contributed by atoms with E-state index in [1.165, 1.54) is 12.7 Å². The number of nitrogens with zero attached hydrogens (tertiary/aromatic N) is 1. The van der Waals surface area contributed by atoms with Crippen LogP contribution in [0.2, 0.25) is 0 Å². The number of methoxy groups -OCH3 is 1. The zero-order chi connectivity index (χ0) is 12.0. The van der Waals surface area contributed by atoms with Crippen molar-refractivity contribution < 1.29 is 9.53 Å². The van der Waals surface area contributed by atoms with Crippen molar-refractivity contribution in [1.29, 1.82) is 0 Å². The Hall–Kier alpha value is -1.51. The lowest BCUT2D eigenvalue weighted by Gasteiger charge is -2.25. The molecule has 0 spiro atoms. The van der Waals surface area contributed by atoms with Crippen LogP contribution in [0.15, 0.2) is 30.3 Å². The maximum Gasteiger partial charge on any atom is 0.409 e. The third-order valence-electron chi connectivity index (χ3n) is 2.52. The van der Waals surface area contributed by atoms with Gasteiger partial charge in [0.25, 0.3) is 0 Å². The quantitative estimate of drug-likeness (QED) is 0.782. The fourth-order valence-corrected chi connectivity index (χ4v) is 1.57. The number of carbonyl (C=O) groups is 1. The third-order valence-corrected chi connectivity index (χ3v) is 2.52. The zero-order valence-corrected chi connectivity index (χ0v) is 10.1. The number of benzene rings is 1. The fraction of sp³-hybridized carbons (Fsp3) is 0.462. The molecule has 3 heteroatoms. The molecule has 0 aliphatic rings. The molecule has 0 N–H and O–H groups in total. The van der Waals surface area contributed by atoms with E-state index < -0.39 is 0 Å². The molecule has 1 rings (SSSR count). The monoisotopic (exact) mass is 221 g/mol. The summed E-state index contributed by atoms with van der Waals surface area (Å²) in [4.78, 5) is 13.2. The van der Waals surface area contributed by atoms with E-state index in [1.807, 2.05) is 32.0 Å². The van der Waals surface area contributed by atoms with Crippen molar-refractivity contribution >= 4 is 6.09 Å². The van der Waals surface area contributed by atoms with E-state index in [0.29, 0.717) is 6.54 Å². The van der Waals surface area contributed by atoms with Crippen LogP contribution in [-0.4, -0.2) is 30.7 Å². The highest BCUT2D eigenvalue weighted by Gasteiger charge is 2.16. The first kappa shape index (κ1) is 12.6. The molecule has 0 saturated heterocycles. The molecule has 0 unspecified atom stereocenters. The van der Waals surface area contributed by atoms with Crippen LogP contribution in [0.25, 0.3) is 0 Å². The molecule has 1 aromatic carbocycles. The van der Waals surface area contributed by atoms with E-state index in [0.717, 1.165) is 6.42 Å². The first-order valence-electron chi connectivity index (χ1n) is 5.53. The van der Waals surface area contributed by atoms with E-state index in [2.05, 4.69) is 12.1 Å². The Morgan fingerprint density at radius 3 is 2.44 bits per heavy atom. The highest BCUT2D eigenvalue weighted by molar-refractivity contribution is 5.67. The van der Waals surface area contributed by atoms with Gasteiger partial charge >= 0.3 is 6.09 Å². The molecule has 0 fully saturated rings. The van der Waals surface area contributed by atoms with Gasteiger partial charge in [0.05, 0.1) is 7.11 Å². The number of hydrogen-bond donors (Lipinski definition) is 0. The minimum Gasteiger partial charge on any atom is -0.453 e. The van der Waals surface area contributed by atoms with Crippen molar-refractivity contribution in [1.82, 2.24) is 4.90 Å². The molecule has 0 aliphatic heterocycles. The first-order valence-corrected chi connectivity index (χ1v) is 5.53. The Morgan fingerprint density at radius 1 is 1.31 bits per heavy atom. The molecule has 1 aromatic rings. The molecule has 88 valence electrons. The minimum atomic E-state index is -0.258. The lowest BCUT2D eigenvalue weighted by Crippen LogP contribution is -2.38. The van der Waals surface area contributed by atoms with Gasteiger partial charge < -0.3 is 9.64 Å². The molecule has 1 amide bonds. The number of carbonyl (C=O) groups excluding carboxylic acids is 1. The SMILES string of the molecule is COC(=O)N(CCc1ccccc1)C(C)C. The average Bonchev–Trinajstić information content (AvgIpc) is 2.30. The summed E-state index contributed by atoms with van der Waals surface area (Å²) in [6.45, 7) is 4.66. The smallest absolute Gasteiger partial charge is 0.409 e. The zero-order valence-electron chi connectivity index (χ0n) is 10.1. The van der Waals surface area contributed by atoms with Crippen LogP contribution in [0.1, 0.15) is 19.4 Å². The largest absolute Gasteiger partial charge is 0.453 e. The van der Waals surface area contributed by atoms with Gasteiger partial charge in [-0.25, -0.2) is 4.79 Å². The summed E-state index contributed by atoms with van der Waals surface area (Å²) < 4.78 is 4.75. The van der Waals surface area contributed by atoms with Crippen LogP contribution in [0.4, 0.5) is 4.79 Å². The summed E-state index contributed by atoms with van der Waals surface area (Å²) in [5, 5.41) is 0. The van der Waals surface area contributed by atoms with Crippen LogP contribution >= 0.6 is 0 Å². The van der Waals surface area contributed by atoms with Crippen molar-refractivity contribution in [2.45, 2.75) is 26.3 Å². The molecule has 0 aliphatic carbocycles.